The monoisotopic (exact) mass is 412 g/mol. The van der Waals surface area contributed by atoms with Crippen molar-refractivity contribution in [2.75, 3.05) is 24.6 Å². The van der Waals surface area contributed by atoms with E-state index in [0.29, 0.717) is 43.7 Å². The van der Waals surface area contributed by atoms with Gasteiger partial charge in [-0.2, -0.15) is 5.26 Å². The number of esters is 3. The van der Waals surface area contributed by atoms with Crippen molar-refractivity contribution in [3.63, 3.8) is 0 Å². The maximum atomic E-state index is 12.1. The SMILES string of the molecule is CCOC(=O)C1CCN(c2ccc(C=C3C(=O)OC(C)(C)OC3=O)cc2C#N)CC1. The van der Waals surface area contributed by atoms with E-state index in [1.807, 2.05) is 0 Å². The first-order valence-electron chi connectivity index (χ1n) is 9.88. The molecule has 1 aromatic carbocycles. The molecule has 0 bridgehead atoms. The molecular formula is C22H24N2O6. The van der Waals surface area contributed by atoms with Crippen LogP contribution in [0.5, 0.6) is 0 Å². The summed E-state index contributed by atoms with van der Waals surface area (Å²) in [5.74, 6) is -3.12. The number of nitriles is 1. The Balaban J connectivity index is 1.77. The zero-order valence-electron chi connectivity index (χ0n) is 17.3. The van der Waals surface area contributed by atoms with Gasteiger partial charge in [0.05, 0.1) is 23.8 Å². The Morgan fingerprint density at radius 1 is 1.27 bits per heavy atom. The van der Waals surface area contributed by atoms with Crippen LogP contribution in [0.2, 0.25) is 0 Å². The van der Waals surface area contributed by atoms with E-state index in [2.05, 4.69) is 11.0 Å². The molecule has 8 nitrogen and oxygen atoms in total. The summed E-state index contributed by atoms with van der Waals surface area (Å²) in [5, 5.41) is 9.61. The standard InChI is InChI=1S/C22H24N2O6/c1-4-28-19(25)15-7-9-24(10-8-15)18-6-5-14(11-16(18)13-23)12-17-20(26)29-22(2,3)30-21(17)27/h5-6,11-12,15H,4,7-10H2,1-3H3. The molecule has 3 rings (SSSR count). The fourth-order valence-corrected chi connectivity index (χ4v) is 3.57. The molecule has 2 aliphatic rings. The molecule has 0 saturated carbocycles. The molecule has 0 amide bonds. The minimum absolute atomic E-state index is 0.122. The van der Waals surface area contributed by atoms with Gasteiger partial charge in [-0.1, -0.05) is 6.07 Å². The van der Waals surface area contributed by atoms with Crippen LogP contribution in [0.25, 0.3) is 6.08 Å². The van der Waals surface area contributed by atoms with Gasteiger partial charge in [-0.3, -0.25) is 4.79 Å². The smallest absolute Gasteiger partial charge is 0.348 e. The van der Waals surface area contributed by atoms with E-state index in [1.54, 1.807) is 25.1 Å². The second kappa shape index (κ2) is 8.57. The number of hydrogen-bond acceptors (Lipinski definition) is 8. The molecule has 158 valence electrons. The third kappa shape index (κ3) is 4.62. The zero-order chi connectivity index (χ0) is 21.9. The van der Waals surface area contributed by atoms with Gasteiger partial charge in [0.15, 0.2) is 0 Å². The van der Waals surface area contributed by atoms with Gasteiger partial charge in [-0.15, -0.1) is 0 Å². The summed E-state index contributed by atoms with van der Waals surface area (Å²) in [6.45, 7) is 6.38. The first kappa shape index (κ1) is 21.4. The fraction of sp³-hybridized carbons (Fsp3) is 0.455. The molecule has 30 heavy (non-hydrogen) atoms. The topological polar surface area (TPSA) is 106 Å². The highest BCUT2D eigenvalue weighted by Gasteiger charge is 2.38. The highest BCUT2D eigenvalue weighted by Crippen LogP contribution is 2.29. The van der Waals surface area contributed by atoms with Crippen molar-refractivity contribution in [3.05, 3.63) is 34.9 Å². The van der Waals surface area contributed by atoms with Crippen LogP contribution < -0.4 is 4.90 Å². The molecule has 1 aromatic rings. The van der Waals surface area contributed by atoms with Crippen LogP contribution in [0, 0.1) is 17.2 Å². The molecule has 2 heterocycles. The Hall–Kier alpha value is -3.34. The lowest BCUT2D eigenvalue weighted by Crippen LogP contribution is -2.41. The van der Waals surface area contributed by atoms with E-state index >= 15 is 0 Å². The van der Waals surface area contributed by atoms with Crippen LogP contribution in [-0.2, 0) is 28.6 Å². The van der Waals surface area contributed by atoms with Crippen molar-refractivity contribution in [1.29, 1.82) is 5.26 Å². The summed E-state index contributed by atoms with van der Waals surface area (Å²) >= 11 is 0. The normalized spacial score (nSPS) is 18.9. The molecular weight excluding hydrogens is 388 g/mol. The number of anilines is 1. The maximum Gasteiger partial charge on any atom is 0.348 e. The van der Waals surface area contributed by atoms with Gasteiger partial charge in [0.25, 0.3) is 5.79 Å². The van der Waals surface area contributed by atoms with Crippen LogP contribution in [0.15, 0.2) is 23.8 Å². The molecule has 8 heteroatoms. The first-order valence-corrected chi connectivity index (χ1v) is 9.88. The quantitative estimate of drug-likeness (QED) is 0.422. The van der Waals surface area contributed by atoms with Gasteiger partial charge in [0.1, 0.15) is 11.6 Å². The van der Waals surface area contributed by atoms with E-state index in [-0.39, 0.29) is 17.5 Å². The highest BCUT2D eigenvalue weighted by atomic mass is 16.7. The van der Waals surface area contributed by atoms with Crippen molar-refractivity contribution >= 4 is 29.7 Å². The van der Waals surface area contributed by atoms with Crippen LogP contribution >= 0.6 is 0 Å². The van der Waals surface area contributed by atoms with Crippen molar-refractivity contribution < 1.29 is 28.6 Å². The molecule has 0 atom stereocenters. The van der Waals surface area contributed by atoms with Crippen molar-refractivity contribution in [2.45, 2.75) is 39.4 Å². The second-order valence-electron chi connectivity index (χ2n) is 7.64. The Bertz CT molecular complexity index is 913. The molecule has 0 aliphatic carbocycles. The van der Waals surface area contributed by atoms with Crippen molar-refractivity contribution in [2.24, 2.45) is 5.92 Å². The molecule has 0 aromatic heterocycles. The predicted molar refractivity (Wildman–Crippen MR) is 107 cm³/mol. The zero-order valence-corrected chi connectivity index (χ0v) is 17.3. The number of hydrogen-bond donors (Lipinski definition) is 0. The Morgan fingerprint density at radius 2 is 1.90 bits per heavy atom. The van der Waals surface area contributed by atoms with Gasteiger partial charge >= 0.3 is 17.9 Å². The summed E-state index contributed by atoms with van der Waals surface area (Å²) in [4.78, 5) is 38.2. The lowest BCUT2D eigenvalue weighted by atomic mass is 9.95. The molecule has 2 saturated heterocycles. The Labute approximate surface area is 175 Å². The Kier molecular flexibility index (Phi) is 6.11. The number of cyclic esters (lactones) is 2. The van der Waals surface area contributed by atoms with Gasteiger partial charge < -0.3 is 19.1 Å². The van der Waals surface area contributed by atoms with Gasteiger partial charge in [-0.25, -0.2) is 9.59 Å². The summed E-state index contributed by atoms with van der Waals surface area (Å²) in [7, 11) is 0. The number of carbonyl (C=O) groups is 3. The molecule has 0 spiro atoms. The van der Waals surface area contributed by atoms with E-state index in [0.717, 1.165) is 5.69 Å². The summed E-state index contributed by atoms with van der Waals surface area (Å²) in [5.41, 5.74) is 1.45. The number of carbonyl (C=O) groups excluding carboxylic acids is 3. The van der Waals surface area contributed by atoms with Crippen molar-refractivity contribution in [3.8, 4) is 6.07 Å². The van der Waals surface area contributed by atoms with E-state index in [9.17, 15) is 19.6 Å². The second-order valence-corrected chi connectivity index (χ2v) is 7.64. The average molecular weight is 412 g/mol. The number of benzene rings is 1. The third-order valence-electron chi connectivity index (χ3n) is 5.02. The maximum absolute atomic E-state index is 12.1. The predicted octanol–water partition coefficient (Wildman–Crippen LogP) is 2.56. The van der Waals surface area contributed by atoms with Crippen LogP contribution in [0.1, 0.15) is 44.7 Å². The number of rotatable bonds is 4. The van der Waals surface area contributed by atoms with E-state index < -0.39 is 17.7 Å². The van der Waals surface area contributed by atoms with Crippen LogP contribution in [0.3, 0.4) is 0 Å². The van der Waals surface area contributed by atoms with E-state index in [1.165, 1.54) is 19.9 Å². The minimum atomic E-state index is -1.30. The molecule has 0 radical (unpaired) electrons. The van der Waals surface area contributed by atoms with Gasteiger partial charge in [-0.05, 0) is 43.5 Å². The minimum Gasteiger partial charge on any atom is -0.466 e. The average Bonchev–Trinajstić information content (AvgIpc) is 2.70. The summed E-state index contributed by atoms with van der Waals surface area (Å²) in [6, 6.07) is 7.28. The molecule has 2 fully saturated rings. The van der Waals surface area contributed by atoms with Gasteiger partial charge in [0.2, 0.25) is 0 Å². The lowest BCUT2D eigenvalue weighted by Gasteiger charge is -2.33. The largest absolute Gasteiger partial charge is 0.466 e. The highest BCUT2D eigenvalue weighted by molar-refractivity contribution is 6.18. The number of ether oxygens (including phenoxy) is 3. The van der Waals surface area contributed by atoms with Gasteiger partial charge in [0, 0.05) is 26.9 Å². The first-order chi connectivity index (χ1) is 14.2. The number of nitrogens with zero attached hydrogens (tertiary/aromatic N) is 2. The summed E-state index contributed by atoms with van der Waals surface area (Å²) < 4.78 is 15.3. The van der Waals surface area contributed by atoms with E-state index in [4.69, 9.17) is 14.2 Å². The number of piperidine rings is 1. The van der Waals surface area contributed by atoms with Crippen LogP contribution in [0.4, 0.5) is 5.69 Å². The van der Waals surface area contributed by atoms with Crippen molar-refractivity contribution in [1.82, 2.24) is 0 Å². The summed E-state index contributed by atoms with van der Waals surface area (Å²) in [6.07, 6.45) is 2.67. The molecule has 0 N–H and O–H groups in total. The Morgan fingerprint density at radius 3 is 2.47 bits per heavy atom. The van der Waals surface area contributed by atoms with Crippen LogP contribution in [-0.4, -0.2) is 43.4 Å². The molecule has 2 aliphatic heterocycles. The fourth-order valence-electron chi connectivity index (χ4n) is 3.57. The lowest BCUT2D eigenvalue weighted by molar-refractivity contribution is -0.222. The third-order valence-corrected chi connectivity index (χ3v) is 5.02. The molecule has 0 unspecified atom stereocenters.